The predicted molar refractivity (Wildman–Crippen MR) is 63.6 cm³/mol. The standard InChI is InChI=1S/C12H25O4Si.3Li/c1-2-3-4-5-6-7-8-9-10-11-12-16-17(13,14)15;;;/h2-12H2,1H3;;;/q-3;3*+1. The summed E-state index contributed by atoms with van der Waals surface area (Å²) in [5.74, 6) is 0. The Morgan fingerprint density at radius 2 is 1.00 bits per heavy atom. The molecule has 0 N–H and O–H groups in total. The van der Waals surface area contributed by atoms with Crippen molar-refractivity contribution in [2.24, 2.45) is 0 Å². The number of rotatable bonds is 12. The molecule has 0 saturated carbocycles. The molecule has 104 valence electrons. The van der Waals surface area contributed by atoms with E-state index in [-0.39, 0.29) is 63.2 Å². The topological polar surface area (TPSA) is 78.4 Å². The third kappa shape index (κ3) is 28.1. The molecule has 0 radical (unpaired) electrons. The molecule has 0 aliphatic rings. The molecule has 0 aromatic rings. The maximum absolute atomic E-state index is 10.2. The average molecular weight is 282 g/mol. The van der Waals surface area contributed by atoms with Crippen LogP contribution in [0.5, 0.6) is 0 Å². The Labute approximate surface area is 161 Å². The van der Waals surface area contributed by atoms with Gasteiger partial charge in [-0.05, 0) is 6.42 Å². The van der Waals surface area contributed by atoms with Gasteiger partial charge in [-0.25, -0.2) is 0 Å². The van der Waals surface area contributed by atoms with Crippen LogP contribution in [0.3, 0.4) is 0 Å². The molecule has 0 unspecified atom stereocenters. The first-order chi connectivity index (χ1) is 8.06. The van der Waals surface area contributed by atoms with E-state index >= 15 is 0 Å². The first kappa shape index (κ1) is 29.8. The van der Waals surface area contributed by atoms with Crippen LogP contribution in [0.25, 0.3) is 0 Å². The van der Waals surface area contributed by atoms with E-state index < -0.39 is 9.05 Å². The van der Waals surface area contributed by atoms with Crippen molar-refractivity contribution in [3.8, 4) is 0 Å². The molecule has 0 heterocycles. The van der Waals surface area contributed by atoms with Crippen molar-refractivity contribution in [1.82, 2.24) is 0 Å². The van der Waals surface area contributed by atoms with Crippen LogP contribution in [0.2, 0.25) is 0 Å². The Morgan fingerprint density at radius 1 is 0.650 bits per heavy atom. The summed E-state index contributed by atoms with van der Waals surface area (Å²) in [6, 6.07) is 0. The summed E-state index contributed by atoms with van der Waals surface area (Å²) < 4.78 is 4.17. The summed E-state index contributed by atoms with van der Waals surface area (Å²) in [5.41, 5.74) is 0. The Bertz CT molecular complexity index is 171. The first-order valence-electron chi connectivity index (χ1n) is 6.81. The third-order valence-corrected chi connectivity index (χ3v) is 3.33. The van der Waals surface area contributed by atoms with Crippen LogP contribution in [0.15, 0.2) is 0 Å². The zero-order chi connectivity index (χ0) is 13.0. The smallest absolute Gasteiger partial charge is 0.861 e. The van der Waals surface area contributed by atoms with Crippen LogP contribution in [0.1, 0.15) is 71.1 Å². The van der Waals surface area contributed by atoms with Gasteiger partial charge in [0.2, 0.25) is 0 Å². The second kappa shape index (κ2) is 20.8. The van der Waals surface area contributed by atoms with Gasteiger partial charge in [0, 0.05) is 6.61 Å². The van der Waals surface area contributed by atoms with Gasteiger partial charge >= 0.3 is 56.6 Å². The van der Waals surface area contributed by atoms with Crippen molar-refractivity contribution < 1.29 is 75.4 Å². The van der Waals surface area contributed by atoms with Crippen LogP contribution in [-0.4, -0.2) is 15.7 Å². The van der Waals surface area contributed by atoms with Crippen molar-refractivity contribution in [3.05, 3.63) is 0 Å². The maximum atomic E-state index is 10.2. The van der Waals surface area contributed by atoms with Crippen molar-refractivity contribution in [3.63, 3.8) is 0 Å². The van der Waals surface area contributed by atoms with E-state index in [9.17, 15) is 14.4 Å². The second-order valence-corrected chi connectivity index (χ2v) is 5.82. The van der Waals surface area contributed by atoms with Gasteiger partial charge in [0.15, 0.2) is 0 Å². The molecule has 0 aromatic carbocycles. The minimum atomic E-state index is -5.00. The molecule has 0 atom stereocenters. The zero-order valence-corrected chi connectivity index (χ0v) is 14.9. The van der Waals surface area contributed by atoms with Gasteiger partial charge in [-0.3, -0.25) is 0 Å². The fourth-order valence-corrected chi connectivity index (χ4v) is 2.18. The van der Waals surface area contributed by atoms with Gasteiger partial charge < -0.3 is 18.8 Å². The second-order valence-electron chi connectivity index (χ2n) is 4.53. The van der Waals surface area contributed by atoms with E-state index in [2.05, 4.69) is 11.3 Å². The van der Waals surface area contributed by atoms with Crippen molar-refractivity contribution in [2.45, 2.75) is 71.1 Å². The molecule has 20 heavy (non-hydrogen) atoms. The quantitative estimate of drug-likeness (QED) is 0.263. The Balaban J connectivity index is -0.000000427. The summed E-state index contributed by atoms with van der Waals surface area (Å²) in [6.45, 7) is 2.27. The molecule has 0 bridgehead atoms. The summed E-state index contributed by atoms with van der Waals surface area (Å²) in [7, 11) is -5.00. The third-order valence-electron chi connectivity index (χ3n) is 2.78. The van der Waals surface area contributed by atoms with Crippen molar-refractivity contribution >= 4 is 9.05 Å². The fourth-order valence-electron chi connectivity index (χ4n) is 1.79. The zero-order valence-electron chi connectivity index (χ0n) is 13.9. The van der Waals surface area contributed by atoms with Crippen LogP contribution >= 0.6 is 0 Å². The summed E-state index contributed by atoms with van der Waals surface area (Å²) in [5, 5.41) is 0. The van der Waals surface area contributed by atoms with E-state index in [0.29, 0.717) is 6.42 Å². The molecular weight excluding hydrogens is 257 g/mol. The first-order valence-corrected chi connectivity index (χ1v) is 8.45. The Hall–Kier alpha value is 1.85. The molecular formula is C12H25Li3O4Si. The van der Waals surface area contributed by atoms with Gasteiger partial charge in [-0.2, -0.15) is 0 Å². The van der Waals surface area contributed by atoms with E-state index in [1.54, 1.807) is 0 Å². The van der Waals surface area contributed by atoms with Gasteiger partial charge in [0.05, 0.1) is 0 Å². The minimum absolute atomic E-state index is 0. The largest absolute Gasteiger partial charge is 1.00 e. The molecule has 4 nitrogen and oxygen atoms in total. The molecule has 0 fully saturated rings. The van der Waals surface area contributed by atoms with Crippen LogP contribution in [0.4, 0.5) is 0 Å². The molecule has 0 amide bonds. The van der Waals surface area contributed by atoms with Gasteiger partial charge in [0.25, 0.3) is 0 Å². The Kier molecular flexibility index (Phi) is 31.1. The average Bonchev–Trinajstić information content (AvgIpc) is 2.24. The molecule has 0 rings (SSSR count). The molecule has 8 heteroatoms. The molecule has 0 aliphatic carbocycles. The fraction of sp³-hybridized carbons (Fsp3) is 1.00. The van der Waals surface area contributed by atoms with E-state index in [1.807, 2.05) is 0 Å². The van der Waals surface area contributed by atoms with Gasteiger partial charge in [-0.1, -0.05) is 64.7 Å². The molecule has 0 saturated heterocycles. The van der Waals surface area contributed by atoms with Crippen LogP contribution in [-0.2, 0) is 4.43 Å². The van der Waals surface area contributed by atoms with E-state index in [4.69, 9.17) is 0 Å². The van der Waals surface area contributed by atoms with Gasteiger partial charge in [0.1, 0.15) is 0 Å². The van der Waals surface area contributed by atoms with E-state index in [0.717, 1.165) is 12.8 Å². The van der Waals surface area contributed by atoms with E-state index in [1.165, 1.54) is 44.9 Å². The summed E-state index contributed by atoms with van der Waals surface area (Å²) >= 11 is 0. The van der Waals surface area contributed by atoms with Crippen LogP contribution < -0.4 is 71.0 Å². The summed E-state index contributed by atoms with van der Waals surface area (Å²) in [6.07, 6.45) is 11.7. The number of hydrogen-bond donors (Lipinski definition) is 0. The minimum Gasteiger partial charge on any atom is -0.861 e. The number of unbranched alkanes of at least 4 members (excludes halogenated alkanes) is 9. The Morgan fingerprint density at radius 3 is 1.35 bits per heavy atom. The molecule has 0 spiro atoms. The van der Waals surface area contributed by atoms with Gasteiger partial charge in [-0.15, -0.1) is 9.05 Å². The SMILES string of the molecule is CCCCCCCCCCCCO[Si]([O-])([O-])[O-].[Li+].[Li+].[Li+]. The van der Waals surface area contributed by atoms with Crippen molar-refractivity contribution in [2.75, 3.05) is 6.61 Å². The van der Waals surface area contributed by atoms with Crippen LogP contribution in [0, 0.1) is 0 Å². The maximum Gasteiger partial charge on any atom is 1.00 e. The molecule has 0 aliphatic heterocycles. The van der Waals surface area contributed by atoms with Crippen molar-refractivity contribution in [1.29, 1.82) is 0 Å². The summed E-state index contributed by atoms with van der Waals surface area (Å²) in [4.78, 5) is 30.5. The number of hydrogen-bond acceptors (Lipinski definition) is 4. The predicted octanol–water partition coefficient (Wildman–Crippen LogP) is -8.55. The molecule has 0 aromatic heterocycles. The normalized spacial score (nSPS) is 10.2. The monoisotopic (exact) mass is 282 g/mol.